The molecule has 1 atom stereocenters. The highest BCUT2D eigenvalue weighted by Crippen LogP contribution is 2.14. The number of piperazine rings is 1. The average Bonchev–Trinajstić information content (AvgIpc) is 3.04. The normalized spacial score (nSPS) is 18.3. The standard InChI is InChI=1S/C17H21N5O3/c1-14-11-19(12-15-5-3-2-4-6-15)9-10-21(14)17(23)13-20-8-7-16(18-20)22(24)25/h2-8,14H,9-13H2,1H3/t14-/m1/s1. The summed E-state index contributed by atoms with van der Waals surface area (Å²) in [5.41, 5.74) is 1.26. The second-order valence-electron chi connectivity index (χ2n) is 6.29. The summed E-state index contributed by atoms with van der Waals surface area (Å²) < 4.78 is 1.32. The van der Waals surface area contributed by atoms with Gasteiger partial charge in [0.05, 0.1) is 17.4 Å². The maximum atomic E-state index is 12.5. The highest BCUT2D eigenvalue weighted by atomic mass is 16.6. The van der Waals surface area contributed by atoms with Crippen molar-refractivity contribution in [2.75, 3.05) is 19.6 Å². The zero-order chi connectivity index (χ0) is 17.8. The largest absolute Gasteiger partial charge is 0.389 e. The molecule has 1 amide bonds. The number of hydrogen-bond acceptors (Lipinski definition) is 5. The first-order valence-electron chi connectivity index (χ1n) is 8.26. The minimum absolute atomic E-state index is 0.0247. The highest BCUT2D eigenvalue weighted by Gasteiger charge is 2.28. The van der Waals surface area contributed by atoms with Gasteiger partial charge in [0, 0.05) is 32.2 Å². The van der Waals surface area contributed by atoms with Crippen molar-refractivity contribution in [1.29, 1.82) is 0 Å². The molecule has 0 aliphatic carbocycles. The Bertz CT molecular complexity index is 746. The highest BCUT2D eigenvalue weighted by molar-refractivity contribution is 5.76. The molecule has 0 radical (unpaired) electrons. The van der Waals surface area contributed by atoms with E-state index in [0.717, 1.165) is 19.6 Å². The smallest absolute Gasteiger partial charge is 0.358 e. The van der Waals surface area contributed by atoms with Crippen molar-refractivity contribution in [2.45, 2.75) is 26.1 Å². The number of nitrogens with zero attached hydrogens (tertiary/aromatic N) is 5. The van der Waals surface area contributed by atoms with E-state index in [-0.39, 0.29) is 24.3 Å². The fourth-order valence-corrected chi connectivity index (χ4v) is 3.15. The third-order valence-electron chi connectivity index (χ3n) is 4.39. The monoisotopic (exact) mass is 343 g/mol. The van der Waals surface area contributed by atoms with E-state index in [0.29, 0.717) is 6.54 Å². The van der Waals surface area contributed by atoms with E-state index in [4.69, 9.17) is 0 Å². The Hall–Kier alpha value is -2.74. The fourth-order valence-electron chi connectivity index (χ4n) is 3.15. The van der Waals surface area contributed by atoms with Crippen molar-refractivity contribution in [3.05, 3.63) is 58.3 Å². The molecule has 8 nitrogen and oxygen atoms in total. The summed E-state index contributed by atoms with van der Waals surface area (Å²) in [6, 6.07) is 11.7. The van der Waals surface area contributed by atoms with E-state index < -0.39 is 4.92 Å². The number of benzene rings is 1. The van der Waals surface area contributed by atoms with Crippen molar-refractivity contribution in [1.82, 2.24) is 19.6 Å². The predicted octanol–water partition coefficient (Wildman–Crippen LogP) is 1.52. The Morgan fingerprint density at radius 3 is 2.68 bits per heavy atom. The number of hydrogen-bond donors (Lipinski definition) is 0. The van der Waals surface area contributed by atoms with Crippen molar-refractivity contribution < 1.29 is 9.72 Å². The zero-order valence-corrected chi connectivity index (χ0v) is 14.1. The van der Waals surface area contributed by atoms with Crippen LogP contribution in [0.5, 0.6) is 0 Å². The molecule has 2 aromatic rings. The van der Waals surface area contributed by atoms with Crippen LogP contribution in [0.3, 0.4) is 0 Å². The first-order valence-corrected chi connectivity index (χ1v) is 8.26. The van der Waals surface area contributed by atoms with Gasteiger partial charge in [-0.2, -0.15) is 4.68 Å². The van der Waals surface area contributed by atoms with E-state index in [1.807, 2.05) is 30.0 Å². The van der Waals surface area contributed by atoms with Gasteiger partial charge in [0.2, 0.25) is 5.91 Å². The molecule has 1 aliphatic rings. The molecule has 8 heteroatoms. The molecule has 25 heavy (non-hydrogen) atoms. The first-order chi connectivity index (χ1) is 12.0. The van der Waals surface area contributed by atoms with Crippen LogP contribution in [0.15, 0.2) is 42.6 Å². The molecular formula is C17H21N5O3. The van der Waals surface area contributed by atoms with Gasteiger partial charge >= 0.3 is 5.82 Å². The van der Waals surface area contributed by atoms with Crippen molar-refractivity contribution in [2.24, 2.45) is 0 Å². The Labute approximate surface area is 145 Å². The summed E-state index contributed by atoms with van der Waals surface area (Å²) in [5, 5.41) is 14.5. The van der Waals surface area contributed by atoms with E-state index in [1.54, 1.807) is 0 Å². The van der Waals surface area contributed by atoms with Gasteiger partial charge in [0.15, 0.2) is 0 Å². The molecule has 1 aromatic heterocycles. The van der Waals surface area contributed by atoms with Gasteiger partial charge in [0.25, 0.3) is 0 Å². The lowest BCUT2D eigenvalue weighted by Crippen LogP contribution is -2.54. The molecule has 132 valence electrons. The van der Waals surface area contributed by atoms with Crippen LogP contribution in [-0.2, 0) is 17.9 Å². The van der Waals surface area contributed by atoms with Crippen LogP contribution in [0.1, 0.15) is 12.5 Å². The van der Waals surface area contributed by atoms with Crippen LogP contribution in [0, 0.1) is 10.1 Å². The lowest BCUT2D eigenvalue weighted by molar-refractivity contribution is -0.389. The lowest BCUT2D eigenvalue weighted by atomic mass is 10.1. The molecule has 0 unspecified atom stereocenters. The fraction of sp³-hybridized carbons (Fsp3) is 0.412. The number of carbonyl (C=O) groups excluding carboxylic acids is 1. The van der Waals surface area contributed by atoms with Gasteiger partial charge in [-0.05, 0) is 17.4 Å². The van der Waals surface area contributed by atoms with E-state index in [1.165, 1.54) is 22.5 Å². The summed E-state index contributed by atoms with van der Waals surface area (Å²) in [7, 11) is 0. The summed E-state index contributed by atoms with van der Waals surface area (Å²) in [4.78, 5) is 26.8. The summed E-state index contributed by atoms with van der Waals surface area (Å²) in [6.07, 6.45) is 1.46. The number of aromatic nitrogens is 2. The third-order valence-corrected chi connectivity index (χ3v) is 4.39. The second-order valence-corrected chi connectivity index (χ2v) is 6.29. The van der Waals surface area contributed by atoms with E-state index >= 15 is 0 Å². The summed E-state index contributed by atoms with van der Waals surface area (Å²) in [5.74, 6) is -0.307. The van der Waals surface area contributed by atoms with Gasteiger partial charge in [-0.1, -0.05) is 30.3 Å². The Kier molecular flexibility index (Phi) is 5.08. The van der Waals surface area contributed by atoms with Crippen LogP contribution in [-0.4, -0.2) is 56.1 Å². The Morgan fingerprint density at radius 1 is 1.28 bits per heavy atom. The van der Waals surface area contributed by atoms with Gasteiger partial charge in [-0.25, -0.2) is 0 Å². The van der Waals surface area contributed by atoms with Crippen molar-refractivity contribution in [3.63, 3.8) is 0 Å². The molecule has 1 saturated heterocycles. The van der Waals surface area contributed by atoms with E-state index in [2.05, 4.69) is 22.1 Å². The quantitative estimate of drug-likeness (QED) is 0.607. The number of nitro groups is 1. The predicted molar refractivity (Wildman–Crippen MR) is 91.8 cm³/mol. The molecule has 1 aromatic carbocycles. The molecule has 1 fully saturated rings. The summed E-state index contributed by atoms with van der Waals surface area (Å²) in [6.45, 7) is 5.19. The zero-order valence-electron chi connectivity index (χ0n) is 14.1. The molecule has 1 aliphatic heterocycles. The average molecular weight is 343 g/mol. The molecule has 0 saturated carbocycles. The van der Waals surface area contributed by atoms with Crippen molar-refractivity contribution in [3.8, 4) is 0 Å². The van der Waals surface area contributed by atoms with Crippen LogP contribution >= 0.6 is 0 Å². The molecule has 0 bridgehead atoms. The minimum Gasteiger partial charge on any atom is -0.358 e. The lowest BCUT2D eigenvalue weighted by Gasteiger charge is -2.39. The summed E-state index contributed by atoms with van der Waals surface area (Å²) >= 11 is 0. The topological polar surface area (TPSA) is 84.5 Å². The van der Waals surface area contributed by atoms with Gasteiger partial charge in [-0.3, -0.25) is 9.69 Å². The Morgan fingerprint density at radius 2 is 2.04 bits per heavy atom. The third kappa shape index (κ3) is 4.21. The van der Waals surface area contributed by atoms with Crippen LogP contribution in [0.25, 0.3) is 0 Å². The number of rotatable bonds is 5. The minimum atomic E-state index is -0.564. The van der Waals surface area contributed by atoms with E-state index in [9.17, 15) is 14.9 Å². The second kappa shape index (κ2) is 7.43. The first kappa shape index (κ1) is 17.1. The molecule has 0 spiro atoms. The van der Waals surface area contributed by atoms with Crippen LogP contribution < -0.4 is 0 Å². The maximum absolute atomic E-state index is 12.5. The molecule has 3 rings (SSSR count). The number of carbonyl (C=O) groups is 1. The molecule has 0 N–H and O–H groups in total. The van der Waals surface area contributed by atoms with Crippen molar-refractivity contribution >= 4 is 11.7 Å². The van der Waals surface area contributed by atoms with Gasteiger partial charge < -0.3 is 15.0 Å². The van der Waals surface area contributed by atoms with Gasteiger partial charge in [-0.15, -0.1) is 0 Å². The van der Waals surface area contributed by atoms with Crippen LogP contribution in [0.2, 0.25) is 0 Å². The Balaban J connectivity index is 1.55. The SMILES string of the molecule is C[C@@H]1CN(Cc2ccccc2)CCN1C(=O)Cn1ccc([N+](=O)[O-])n1. The van der Waals surface area contributed by atoms with Crippen LogP contribution in [0.4, 0.5) is 5.82 Å². The molecule has 2 heterocycles. The molecular weight excluding hydrogens is 322 g/mol. The van der Waals surface area contributed by atoms with Gasteiger partial charge in [0.1, 0.15) is 6.54 Å². The maximum Gasteiger partial charge on any atom is 0.389 e. The number of amides is 1.